The molecule has 5 heteroatoms. The smallest absolute Gasteiger partial charge is 0.260 e. The molecule has 0 spiro atoms. The Labute approximate surface area is 124 Å². The SMILES string of the molecule is CC[C@H](C)CNC(=O)[C@H](C)Oc1ccc(Cl)cc1Cl. The van der Waals surface area contributed by atoms with Crippen LogP contribution in [0, 0.1) is 5.92 Å². The van der Waals surface area contributed by atoms with Gasteiger partial charge in [0.2, 0.25) is 0 Å². The van der Waals surface area contributed by atoms with Crippen molar-refractivity contribution in [3.63, 3.8) is 0 Å². The monoisotopic (exact) mass is 303 g/mol. The van der Waals surface area contributed by atoms with Crippen LogP contribution in [0.3, 0.4) is 0 Å². The maximum atomic E-state index is 11.8. The van der Waals surface area contributed by atoms with Crippen molar-refractivity contribution in [3.8, 4) is 5.75 Å². The van der Waals surface area contributed by atoms with Gasteiger partial charge in [0.15, 0.2) is 6.10 Å². The van der Waals surface area contributed by atoms with Crippen molar-refractivity contribution >= 4 is 29.1 Å². The number of hydrogen-bond donors (Lipinski definition) is 1. The fraction of sp³-hybridized carbons (Fsp3) is 0.500. The van der Waals surface area contributed by atoms with Crippen molar-refractivity contribution in [3.05, 3.63) is 28.2 Å². The second-order valence-corrected chi connectivity index (χ2v) is 5.44. The topological polar surface area (TPSA) is 38.3 Å². The number of ether oxygens (including phenoxy) is 1. The minimum atomic E-state index is -0.595. The van der Waals surface area contributed by atoms with Crippen LogP contribution in [-0.2, 0) is 4.79 Å². The number of amides is 1. The molecule has 0 fully saturated rings. The Hall–Kier alpha value is -0.930. The molecule has 0 unspecified atom stereocenters. The molecule has 0 radical (unpaired) electrons. The summed E-state index contributed by atoms with van der Waals surface area (Å²) in [7, 11) is 0. The molecule has 3 nitrogen and oxygen atoms in total. The summed E-state index contributed by atoms with van der Waals surface area (Å²) in [6, 6.07) is 4.91. The molecular formula is C14H19Cl2NO2. The first-order chi connectivity index (χ1) is 8.93. The first-order valence-corrected chi connectivity index (χ1v) is 7.09. The zero-order valence-electron chi connectivity index (χ0n) is 11.4. The Morgan fingerprint density at radius 2 is 2.05 bits per heavy atom. The van der Waals surface area contributed by atoms with Gasteiger partial charge in [0.05, 0.1) is 5.02 Å². The molecule has 0 aliphatic heterocycles. The van der Waals surface area contributed by atoms with Gasteiger partial charge in [0.25, 0.3) is 5.91 Å². The molecule has 2 atom stereocenters. The van der Waals surface area contributed by atoms with Gasteiger partial charge in [-0.3, -0.25) is 4.79 Å². The van der Waals surface area contributed by atoms with Crippen LogP contribution < -0.4 is 10.1 Å². The average Bonchev–Trinajstić information content (AvgIpc) is 2.38. The quantitative estimate of drug-likeness (QED) is 0.865. The molecule has 0 saturated carbocycles. The van der Waals surface area contributed by atoms with E-state index in [4.69, 9.17) is 27.9 Å². The van der Waals surface area contributed by atoms with E-state index in [1.807, 2.05) is 0 Å². The molecule has 106 valence electrons. The van der Waals surface area contributed by atoms with Crippen LogP contribution in [0.1, 0.15) is 27.2 Å². The van der Waals surface area contributed by atoms with Crippen molar-refractivity contribution in [2.45, 2.75) is 33.3 Å². The minimum Gasteiger partial charge on any atom is -0.479 e. The third kappa shape index (κ3) is 5.29. The number of benzene rings is 1. The Bertz CT molecular complexity index is 437. The molecule has 1 aromatic carbocycles. The van der Waals surface area contributed by atoms with Gasteiger partial charge in [0, 0.05) is 11.6 Å². The molecule has 0 heterocycles. The fourth-order valence-electron chi connectivity index (χ4n) is 1.38. The first-order valence-electron chi connectivity index (χ1n) is 6.33. The van der Waals surface area contributed by atoms with E-state index >= 15 is 0 Å². The summed E-state index contributed by atoms with van der Waals surface area (Å²) in [4.78, 5) is 11.8. The van der Waals surface area contributed by atoms with E-state index in [9.17, 15) is 4.79 Å². The summed E-state index contributed by atoms with van der Waals surface area (Å²) < 4.78 is 5.53. The molecule has 0 aliphatic rings. The van der Waals surface area contributed by atoms with Crippen LogP contribution in [0.2, 0.25) is 10.0 Å². The van der Waals surface area contributed by atoms with Gasteiger partial charge in [-0.2, -0.15) is 0 Å². The average molecular weight is 304 g/mol. The van der Waals surface area contributed by atoms with E-state index in [2.05, 4.69) is 19.2 Å². The number of nitrogens with one attached hydrogen (secondary N) is 1. The van der Waals surface area contributed by atoms with Crippen LogP contribution >= 0.6 is 23.2 Å². The maximum Gasteiger partial charge on any atom is 0.260 e. The van der Waals surface area contributed by atoms with Crippen molar-refractivity contribution in [2.75, 3.05) is 6.54 Å². The predicted molar refractivity (Wildman–Crippen MR) is 79.0 cm³/mol. The first kappa shape index (κ1) is 16.1. The molecule has 1 rings (SSSR count). The molecule has 1 N–H and O–H groups in total. The number of hydrogen-bond acceptors (Lipinski definition) is 2. The van der Waals surface area contributed by atoms with Gasteiger partial charge in [-0.25, -0.2) is 0 Å². The van der Waals surface area contributed by atoms with E-state index in [0.717, 1.165) is 6.42 Å². The van der Waals surface area contributed by atoms with Crippen molar-refractivity contribution in [2.24, 2.45) is 5.92 Å². The Morgan fingerprint density at radius 3 is 2.63 bits per heavy atom. The van der Waals surface area contributed by atoms with Gasteiger partial charge in [0.1, 0.15) is 5.75 Å². The largest absolute Gasteiger partial charge is 0.479 e. The lowest BCUT2D eigenvalue weighted by molar-refractivity contribution is -0.127. The van der Waals surface area contributed by atoms with Gasteiger partial charge < -0.3 is 10.1 Å². The Balaban J connectivity index is 2.54. The third-order valence-corrected chi connectivity index (χ3v) is 3.42. The van der Waals surface area contributed by atoms with Crippen LogP contribution in [0.25, 0.3) is 0 Å². The molecule has 19 heavy (non-hydrogen) atoms. The Kier molecular flexibility index (Phi) is 6.46. The maximum absolute atomic E-state index is 11.8. The van der Waals surface area contributed by atoms with E-state index in [1.165, 1.54) is 0 Å². The van der Waals surface area contributed by atoms with Gasteiger partial charge in [-0.05, 0) is 31.0 Å². The molecule has 0 aliphatic carbocycles. The normalized spacial score (nSPS) is 13.7. The number of carbonyl (C=O) groups excluding carboxylic acids is 1. The summed E-state index contributed by atoms with van der Waals surface area (Å²) in [6.07, 6.45) is 0.432. The highest BCUT2D eigenvalue weighted by Gasteiger charge is 2.16. The molecule has 0 bridgehead atoms. The van der Waals surface area contributed by atoms with E-state index in [0.29, 0.717) is 28.3 Å². The highest BCUT2D eigenvalue weighted by molar-refractivity contribution is 6.35. The van der Waals surface area contributed by atoms with E-state index < -0.39 is 6.10 Å². The molecular weight excluding hydrogens is 285 g/mol. The highest BCUT2D eigenvalue weighted by Crippen LogP contribution is 2.28. The molecule has 0 aromatic heterocycles. The van der Waals surface area contributed by atoms with Crippen LogP contribution in [0.4, 0.5) is 0 Å². The second kappa shape index (κ2) is 7.61. The summed E-state index contributed by atoms with van der Waals surface area (Å²) in [5.41, 5.74) is 0. The van der Waals surface area contributed by atoms with Crippen molar-refractivity contribution in [1.82, 2.24) is 5.32 Å². The summed E-state index contributed by atoms with van der Waals surface area (Å²) in [6.45, 7) is 6.51. The number of carbonyl (C=O) groups is 1. The highest BCUT2D eigenvalue weighted by atomic mass is 35.5. The van der Waals surface area contributed by atoms with Crippen molar-refractivity contribution in [1.29, 1.82) is 0 Å². The third-order valence-electron chi connectivity index (χ3n) is 2.89. The standard InChI is InChI=1S/C14H19Cl2NO2/c1-4-9(2)8-17-14(18)10(3)19-13-6-5-11(15)7-12(13)16/h5-7,9-10H,4,8H2,1-3H3,(H,17,18)/t9-,10-/m0/s1. The van der Waals surface area contributed by atoms with Crippen LogP contribution in [0.15, 0.2) is 18.2 Å². The summed E-state index contributed by atoms with van der Waals surface area (Å²) >= 11 is 11.8. The van der Waals surface area contributed by atoms with Gasteiger partial charge >= 0.3 is 0 Å². The lowest BCUT2D eigenvalue weighted by atomic mass is 10.1. The zero-order chi connectivity index (χ0) is 14.4. The van der Waals surface area contributed by atoms with E-state index in [1.54, 1.807) is 25.1 Å². The fourth-order valence-corrected chi connectivity index (χ4v) is 1.83. The summed E-state index contributed by atoms with van der Waals surface area (Å²) in [5.74, 6) is 0.763. The lowest BCUT2D eigenvalue weighted by Crippen LogP contribution is -2.38. The summed E-state index contributed by atoms with van der Waals surface area (Å²) in [5, 5.41) is 3.78. The molecule has 1 aromatic rings. The van der Waals surface area contributed by atoms with Gasteiger partial charge in [-0.1, -0.05) is 43.5 Å². The molecule has 1 amide bonds. The lowest BCUT2D eigenvalue weighted by Gasteiger charge is -2.17. The van der Waals surface area contributed by atoms with Crippen molar-refractivity contribution < 1.29 is 9.53 Å². The molecule has 0 saturated heterocycles. The van der Waals surface area contributed by atoms with E-state index in [-0.39, 0.29) is 5.91 Å². The van der Waals surface area contributed by atoms with Gasteiger partial charge in [-0.15, -0.1) is 0 Å². The zero-order valence-corrected chi connectivity index (χ0v) is 12.9. The Morgan fingerprint density at radius 1 is 1.37 bits per heavy atom. The number of halogens is 2. The van der Waals surface area contributed by atoms with Crippen LogP contribution in [0.5, 0.6) is 5.75 Å². The second-order valence-electron chi connectivity index (χ2n) is 4.59. The number of rotatable bonds is 6. The minimum absolute atomic E-state index is 0.147. The predicted octanol–water partition coefficient (Wildman–Crippen LogP) is 3.92. The van der Waals surface area contributed by atoms with Crippen LogP contribution in [-0.4, -0.2) is 18.6 Å².